The number of anilines is 1. The van der Waals surface area contributed by atoms with E-state index in [-0.39, 0.29) is 24.7 Å². The summed E-state index contributed by atoms with van der Waals surface area (Å²) in [6, 6.07) is 13.1. The first-order valence-corrected chi connectivity index (χ1v) is 8.84. The molecule has 148 valence electrons. The molecular weight excluding hydrogens is 363 g/mol. The van der Waals surface area contributed by atoms with E-state index < -0.39 is 18.5 Å². The molecule has 2 amide bonds. The molecule has 0 radical (unpaired) electrons. The number of amides is 2. The lowest BCUT2D eigenvalue weighted by molar-refractivity contribution is -0.151. The monoisotopic (exact) mass is 386 g/mol. The number of hydrogen-bond acceptors (Lipinski definition) is 4. The molecule has 0 aliphatic carbocycles. The van der Waals surface area contributed by atoms with Gasteiger partial charge in [-0.2, -0.15) is 0 Å². The van der Waals surface area contributed by atoms with Crippen LogP contribution in [0.2, 0.25) is 0 Å². The van der Waals surface area contributed by atoms with E-state index in [1.807, 2.05) is 19.1 Å². The molecule has 0 atom stereocenters. The van der Waals surface area contributed by atoms with Gasteiger partial charge in [-0.15, -0.1) is 0 Å². The van der Waals surface area contributed by atoms with Crippen LogP contribution < -0.4 is 5.32 Å². The van der Waals surface area contributed by atoms with E-state index in [9.17, 15) is 18.8 Å². The van der Waals surface area contributed by atoms with E-state index >= 15 is 0 Å². The van der Waals surface area contributed by atoms with Crippen LogP contribution in [0.4, 0.5) is 10.1 Å². The third kappa shape index (κ3) is 7.19. The van der Waals surface area contributed by atoms with Crippen molar-refractivity contribution < 1.29 is 23.5 Å². The maximum Gasteiger partial charge on any atom is 0.306 e. The summed E-state index contributed by atoms with van der Waals surface area (Å²) < 4.78 is 17.8. The van der Waals surface area contributed by atoms with E-state index in [2.05, 4.69) is 5.32 Å². The second kappa shape index (κ2) is 10.2. The molecule has 6 nitrogen and oxygen atoms in total. The molecule has 7 heteroatoms. The van der Waals surface area contributed by atoms with Crippen molar-refractivity contribution in [3.05, 3.63) is 65.5 Å². The van der Waals surface area contributed by atoms with Crippen molar-refractivity contribution in [2.75, 3.05) is 25.5 Å². The van der Waals surface area contributed by atoms with Crippen LogP contribution in [-0.4, -0.2) is 42.9 Å². The standard InChI is InChI=1S/C21H23FN2O4/c1-15-3-10-18(11-4-15)23-19(25)13-24(2)20(26)14-28-21(27)12-7-16-5-8-17(22)9-6-16/h3-6,8-11H,7,12-14H2,1-2H3,(H,23,25). The zero-order valence-electron chi connectivity index (χ0n) is 15.9. The molecule has 0 spiro atoms. The number of nitrogens with zero attached hydrogens (tertiary/aromatic N) is 1. The first-order valence-electron chi connectivity index (χ1n) is 8.84. The molecule has 0 aliphatic rings. The van der Waals surface area contributed by atoms with E-state index in [0.717, 1.165) is 11.1 Å². The van der Waals surface area contributed by atoms with Crippen molar-refractivity contribution >= 4 is 23.5 Å². The zero-order chi connectivity index (χ0) is 20.5. The van der Waals surface area contributed by atoms with Crippen LogP contribution in [0.3, 0.4) is 0 Å². The number of ether oxygens (including phenoxy) is 1. The highest BCUT2D eigenvalue weighted by Crippen LogP contribution is 2.09. The minimum Gasteiger partial charge on any atom is -0.456 e. The van der Waals surface area contributed by atoms with E-state index in [1.165, 1.54) is 24.1 Å². The van der Waals surface area contributed by atoms with E-state index in [4.69, 9.17) is 4.74 Å². The van der Waals surface area contributed by atoms with E-state index in [0.29, 0.717) is 12.1 Å². The largest absolute Gasteiger partial charge is 0.456 e. The number of benzene rings is 2. The topological polar surface area (TPSA) is 75.7 Å². The highest BCUT2D eigenvalue weighted by molar-refractivity contribution is 5.94. The lowest BCUT2D eigenvalue weighted by Crippen LogP contribution is -2.37. The number of aryl methyl sites for hydroxylation is 2. The SMILES string of the molecule is Cc1ccc(NC(=O)CN(C)C(=O)COC(=O)CCc2ccc(F)cc2)cc1. The zero-order valence-corrected chi connectivity index (χ0v) is 15.9. The Kier molecular flexibility index (Phi) is 7.68. The van der Waals surface area contributed by atoms with Gasteiger partial charge in [0.1, 0.15) is 5.82 Å². The highest BCUT2D eigenvalue weighted by Gasteiger charge is 2.15. The third-order valence-electron chi connectivity index (χ3n) is 4.03. The second-order valence-electron chi connectivity index (χ2n) is 6.45. The van der Waals surface area contributed by atoms with Crippen molar-refractivity contribution in [3.63, 3.8) is 0 Å². The first-order chi connectivity index (χ1) is 13.3. The van der Waals surface area contributed by atoms with Crippen LogP contribution in [0.25, 0.3) is 0 Å². The van der Waals surface area contributed by atoms with E-state index in [1.54, 1.807) is 24.3 Å². The molecule has 28 heavy (non-hydrogen) atoms. The Bertz CT molecular complexity index is 819. The molecule has 0 unspecified atom stereocenters. The van der Waals surface area contributed by atoms with Gasteiger partial charge in [0.25, 0.3) is 5.91 Å². The molecule has 0 fully saturated rings. The fourth-order valence-corrected chi connectivity index (χ4v) is 2.36. The summed E-state index contributed by atoms with van der Waals surface area (Å²) >= 11 is 0. The quantitative estimate of drug-likeness (QED) is 0.708. The number of nitrogens with one attached hydrogen (secondary N) is 1. The van der Waals surface area contributed by atoms with Gasteiger partial charge in [0, 0.05) is 19.2 Å². The maximum atomic E-state index is 12.8. The molecule has 2 rings (SSSR count). The highest BCUT2D eigenvalue weighted by atomic mass is 19.1. The minimum atomic E-state index is -0.532. The normalized spacial score (nSPS) is 10.2. The lowest BCUT2D eigenvalue weighted by Gasteiger charge is -2.17. The summed E-state index contributed by atoms with van der Waals surface area (Å²) in [4.78, 5) is 37.0. The van der Waals surface area contributed by atoms with Crippen LogP contribution in [-0.2, 0) is 25.5 Å². The Morgan fingerprint density at radius 3 is 2.32 bits per heavy atom. The Hall–Kier alpha value is -3.22. The number of carbonyl (C=O) groups excluding carboxylic acids is 3. The smallest absolute Gasteiger partial charge is 0.306 e. The van der Waals surface area contributed by atoms with Crippen LogP contribution in [0.1, 0.15) is 17.5 Å². The molecule has 0 saturated heterocycles. The molecule has 2 aromatic carbocycles. The van der Waals surface area contributed by atoms with Crippen LogP contribution >= 0.6 is 0 Å². The van der Waals surface area contributed by atoms with Gasteiger partial charge >= 0.3 is 5.97 Å². The molecule has 2 aromatic rings. The van der Waals surface area contributed by atoms with Gasteiger partial charge in [-0.3, -0.25) is 14.4 Å². The lowest BCUT2D eigenvalue weighted by atomic mass is 10.1. The molecule has 1 N–H and O–H groups in total. The van der Waals surface area contributed by atoms with Crippen LogP contribution in [0.5, 0.6) is 0 Å². The molecule has 0 heterocycles. The summed E-state index contributed by atoms with van der Waals surface area (Å²) in [6.07, 6.45) is 0.471. The fraction of sp³-hybridized carbons (Fsp3) is 0.286. The number of likely N-dealkylation sites (N-methyl/N-ethyl adjacent to an activating group) is 1. The Balaban J connectivity index is 1.69. The summed E-state index contributed by atoms with van der Waals surface area (Å²) in [6.45, 7) is 1.36. The van der Waals surface area contributed by atoms with Crippen molar-refractivity contribution in [1.82, 2.24) is 4.90 Å². The molecule has 0 saturated carbocycles. The Morgan fingerprint density at radius 1 is 1.04 bits per heavy atom. The Morgan fingerprint density at radius 2 is 1.68 bits per heavy atom. The van der Waals surface area contributed by atoms with Gasteiger partial charge in [-0.05, 0) is 43.2 Å². The number of halogens is 1. The summed E-state index contributed by atoms with van der Waals surface area (Å²) in [5.41, 5.74) is 2.52. The van der Waals surface area contributed by atoms with Gasteiger partial charge < -0.3 is 15.0 Å². The summed E-state index contributed by atoms with van der Waals surface area (Å²) in [7, 11) is 1.46. The summed E-state index contributed by atoms with van der Waals surface area (Å²) in [5, 5.41) is 2.69. The van der Waals surface area contributed by atoms with Gasteiger partial charge in [0.2, 0.25) is 5.91 Å². The van der Waals surface area contributed by atoms with Crippen molar-refractivity contribution in [1.29, 1.82) is 0 Å². The third-order valence-corrected chi connectivity index (χ3v) is 4.03. The molecular formula is C21H23FN2O4. The fourth-order valence-electron chi connectivity index (χ4n) is 2.36. The second-order valence-corrected chi connectivity index (χ2v) is 6.45. The predicted molar refractivity (Wildman–Crippen MR) is 103 cm³/mol. The van der Waals surface area contributed by atoms with Gasteiger partial charge in [-0.1, -0.05) is 29.8 Å². The number of rotatable bonds is 8. The first kappa shape index (κ1) is 21.1. The average molecular weight is 386 g/mol. The molecule has 0 bridgehead atoms. The van der Waals surface area contributed by atoms with Gasteiger partial charge in [0.15, 0.2) is 6.61 Å². The summed E-state index contributed by atoms with van der Waals surface area (Å²) in [5.74, 6) is -1.70. The number of hydrogen-bond donors (Lipinski definition) is 1. The maximum absolute atomic E-state index is 12.8. The molecule has 0 aromatic heterocycles. The Labute approximate surface area is 163 Å². The average Bonchev–Trinajstić information content (AvgIpc) is 2.67. The van der Waals surface area contributed by atoms with Crippen LogP contribution in [0, 0.1) is 12.7 Å². The van der Waals surface area contributed by atoms with Gasteiger partial charge in [-0.25, -0.2) is 4.39 Å². The molecule has 0 aliphatic heterocycles. The number of esters is 1. The minimum absolute atomic E-state index is 0.0799. The van der Waals surface area contributed by atoms with Crippen molar-refractivity contribution in [2.45, 2.75) is 19.8 Å². The predicted octanol–water partition coefficient (Wildman–Crippen LogP) is 2.71. The van der Waals surface area contributed by atoms with Gasteiger partial charge in [0.05, 0.1) is 6.54 Å². The van der Waals surface area contributed by atoms with Crippen LogP contribution in [0.15, 0.2) is 48.5 Å². The van der Waals surface area contributed by atoms with Crippen molar-refractivity contribution in [3.8, 4) is 0 Å². The van der Waals surface area contributed by atoms with Crippen molar-refractivity contribution in [2.24, 2.45) is 0 Å². The number of carbonyl (C=O) groups is 3.